The fourth-order valence-corrected chi connectivity index (χ4v) is 2.90. The minimum absolute atomic E-state index is 0.403. The van der Waals surface area contributed by atoms with Gasteiger partial charge in [0.15, 0.2) is 5.96 Å². The zero-order valence-electron chi connectivity index (χ0n) is 15.5. The predicted octanol–water partition coefficient (Wildman–Crippen LogP) is 3.98. The molecule has 0 unspecified atom stereocenters. The lowest BCUT2D eigenvalue weighted by Gasteiger charge is -2.07. The first-order valence-corrected chi connectivity index (χ1v) is 8.85. The molecule has 0 aliphatic carbocycles. The van der Waals surface area contributed by atoms with Crippen molar-refractivity contribution in [3.63, 3.8) is 0 Å². The highest BCUT2D eigenvalue weighted by Crippen LogP contribution is 2.18. The number of hydrogen-bond acceptors (Lipinski definition) is 2. The van der Waals surface area contributed by atoms with Crippen LogP contribution >= 0.6 is 0 Å². The molecule has 0 saturated heterocycles. The fraction of sp³-hybridized carbons (Fsp3) is 0.238. The smallest absolute Gasteiger partial charge is 0.193 e. The Kier molecular flexibility index (Phi) is 5.37. The Bertz CT molecular complexity index is 892. The molecule has 5 heteroatoms. The number of nitrogens with two attached hydrogens (primary N) is 1. The van der Waals surface area contributed by atoms with Crippen LogP contribution in [0.5, 0.6) is 0 Å². The van der Waals surface area contributed by atoms with Crippen molar-refractivity contribution in [3.05, 3.63) is 77.1 Å². The van der Waals surface area contributed by atoms with Crippen LogP contribution in [-0.4, -0.2) is 15.7 Å². The molecule has 0 saturated carbocycles. The Morgan fingerprint density at radius 3 is 2.42 bits per heavy atom. The van der Waals surface area contributed by atoms with Gasteiger partial charge in [-0.25, -0.2) is 9.67 Å². The Morgan fingerprint density at radius 1 is 1.08 bits per heavy atom. The average molecular weight is 347 g/mol. The summed E-state index contributed by atoms with van der Waals surface area (Å²) in [5, 5.41) is 7.79. The second-order valence-electron chi connectivity index (χ2n) is 6.27. The summed E-state index contributed by atoms with van der Waals surface area (Å²) in [4.78, 5) is 4.49. The molecule has 1 aromatic heterocycles. The molecule has 0 amide bonds. The van der Waals surface area contributed by atoms with E-state index in [0.717, 1.165) is 34.7 Å². The molecule has 134 valence electrons. The first-order chi connectivity index (χ1) is 12.6. The minimum atomic E-state index is 0.403. The lowest BCUT2D eigenvalue weighted by atomic mass is 10.1. The Hall–Kier alpha value is -3.08. The number of aliphatic imine (C=N–C) groups is 1. The lowest BCUT2D eigenvalue weighted by molar-refractivity contribution is 0.832. The molecule has 0 bridgehead atoms. The predicted molar refractivity (Wildman–Crippen MR) is 108 cm³/mol. The molecular weight excluding hydrogens is 322 g/mol. The highest BCUT2D eigenvalue weighted by Gasteiger charge is 2.12. The number of aromatic nitrogens is 2. The van der Waals surface area contributed by atoms with Gasteiger partial charge in [-0.2, -0.15) is 5.10 Å². The summed E-state index contributed by atoms with van der Waals surface area (Å²) in [6, 6.07) is 18.3. The van der Waals surface area contributed by atoms with Gasteiger partial charge in [0.2, 0.25) is 0 Å². The van der Waals surface area contributed by atoms with E-state index >= 15 is 0 Å². The first kappa shape index (κ1) is 17.7. The van der Waals surface area contributed by atoms with Gasteiger partial charge >= 0.3 is 0 Å². The Balaban J connectivity index is 1.74. The maximum Gasteiger partial charge on any atom is 0.193 e. The van der Waals surface area contributed by atoms with Gasteiger partial charge in [0.1, 0.15) is 0 Å². The van der Waals surface area contributed by atoms with E-state index in [2.05, 4.69) is 41.4 Å². The van der Waals surface area contributed by atoms with Crippen LogP contribution in [-0.2, 0) is 13.0 Å². The highest BCUT2D eigenvalue weighted by molar-refractivity contribution is 5.92. The van der Waals surface area contributed by atoms with Crippen molar-refractivity contribution < 1.29 is 0 Å². The maximum absolute atomic E-state index is 6.05. The van der Waals surface area contributed by atoms with Crippen LogP contribution in [0.25, 0.3) is 5.69 Å². The van der Waals surface area contributed by atoms with E-state index < -0.39 is 0 Å². The van der Waals surface area contributed by atoms with Gasteiger partial charge in [-0.05, 0) is 50.1 Å². The fourth-order valence-electron chi connectivity index (χ4n) is 2.90. The van der Waals surface area contributed by atoms with Gasteiger partial charge in [0.05, 0.1) is 17.9 Å². The van der Waals surface area contributed by atoms with Crippen molar-refractivity contribution in [1.29, 1.82) is 0 Å². The molecule has 5 nitrogen and oxygen atoms in total. The van der Waals surface area contributed by atoms with Crippen LogP contribution < -0.4 is 11.1 Å². The largest absolute Gasteiger partial charge is 0.370 e. The molecule has 0 radical (unpaired) electrons. The molecule has 0 spiro atoms. The van der Waals surface area contributed by atoms with Crippen LogP contribution in [0.1, 0.15) is 29.4 Å². The van der Waals surface area contributed by atoms with E-state index in [9.17, 15) is 0 Å². The second-order valence-corrected chi connectivity index (χ2v) is 6.27. The number of nitrogens with zero attached hydrogens (tertiary/aromatic N) is 3. The number of para-hydroxylation sites is 1. The van der Waals surface area contributed by atoms with Crippen LogP contribution in [0.2, 0.25) is 0 Å². The van der Waals surface area contributed by atoms with Crippen LogP contribution in [0.4, 0.5) is 5.69 Å². The SMILES string of the molecule is CCc1ccc(NC(N)=NCc2c(C)nn(-c3ccccc3)c2C)cc1. The summed E-state index contributed by atoms with van der Waals surface area (Å²) in [6.45, 7) is 6.70. The number of anilines is 1. The summed E-state index contributed by atoms with van der Waals surface area (Å²) in [6.07, 6.45) is 1.02. The van der Waals surface area contributed by atoms with Crippen LogP contribution in [0, 0.1) is 13.8 Å². The molecule has 0 atom stereocenters. The van der Waals surface area contributed by atoms with Gasteiger partial charge in [-0.15, -0.1) is 0 Å². The molecule has 1 heterocycles. The Labute approximate surface area is 154 Å². The van der Waals surface area contributed by atoms with Gasteiger partial charge in [-0.1, -0.05) is 37.3 Å². The van der Waals surface area contributed by atoms with Gasteiger partial charge in [0.25, 0.3) is 0 Å². The number of rotatable bonds is 5. The zero-order chi connectivity index (χ0) is 18.5. The van der Waals surface area contributed by atoms with Crippen molar-refractivity contribution in [2.24, 2.45) is 10.7 Å². The summed E-state index contributed by atoms with van der Waals surface area (Å²) >= 11 is 0. The summed E-state index contributed by atoms with van der Waals surface area (Å²) < 4.78 is 1.95. The van der Waals surface area contributed by atoms with Crippen molar-refractivity contribution >= 4 is 11.6 Å². The Morgan fingerprint density at radius 2 is 1.77 bits per heavy atom. The van der Waals surface area contributed by atoms with E-state index in [-0.39, 0.29) is 0 Å². The van der Waals surface area contributed by atoms with E-state index in [4.69, 9.17) is 5.73 Å². The third kappa shape index (κ3) is 3.94. The summed E-state index contributed by atoms with van der Waals surface area (Å²) in [5.41, 5.74) is 12.5. The molecule has 26 heavy (non-hydrogen) atoms. The van der Waals surface area contributed by atoms with E-state index in [1.54, 1.807) is 0 Å². The monoisotopic (exact) mass is 347 g/mol. The molecule has 3 aromatic rings. The normalized spacial score (nSPS) is 11.6. The molecular formula is C21H25N5. The summed E-state index contributed by atoms with van der Waals surface area (Å²) in [5.74, 6) is 0.403. The standard InChI is InChI=1S/C21H25N5/c1-4-17-10-12-18(13-11-17)24-21(22)23-14-20-15(2)25-26(16(20)3)19-8-6-5-7-9-19/h5-13H,4,14H2,1-3H3,(H3,22,23,24). The minimum Gasteiger partial charge on any atom is -0.370 e. The van der Waals surface area contributed by atoms with Crippen molar-refractivity contribution in [1.82, 2.24) is 9.78 Å². The number of aryl methyl sites for hydroxylation is 2. The van der Waals surface area contributed by atoms with Crippen molar-refractivity contribution in [3.8, 4) is 5.69 Å². The van der Waals surface area contributed by atoms with Gasteiger partial charge < -0.3 is 11.1 Å². The molecule has 2 aromatic carbocycles. The average Bonchev–Trinajstić information content (AvgIpc) is 2.95. The third-order valence-corrected chi connectivity index (χ3v) is 4.48. The van der Waals surface area contributed by atoms with Gasteiger partial charge in [-0.3, -0.25) is 0 Å². The van der Waals surface area contributed by atoms with Crippen LogP contribution in [0.3, 0.4) is 0 Å². The number of nitrogens with one attached hydrogen (secondary N) is 1. The highest BCUT2D eigenvalue weighted by atomic mass is 15.3. The van der Waals surface area contributed by atoms with E-state index in [1.165, 1.54) is 5.56 Å². The molecule has 0 aliphatic rings. The van der Waals surface area contributed by atoms with E-state index in [0.29, 0.717) is 12.5 Å². The van der Waals surface area contributed by atoms with Gasteiger partial charge in [0, 0.05) is 16.9 Å². The molecule has 0 fully saturated rings. The summed E-state index contributed by atoms with van der Waals surface area (Å²) in [7, 11) is 0. The number of hydrogen-bond donors (Lipinski definition) is 2. The third-order valence-electron chi connectivity index (χ3n) is 4.48. The van der Waals surface area contributed by atoms with Crippen molar-refractivity contribution in [2.75, 3.05) is 5.32 Å². The molecule has 0 aliphatic heterocycles. The maximum atomic E-state index is 6.05. The zero-order valence-corrected chi connectivity index (χ0v) is 15.5. The van der Waals surface area contributed by atoms with Crippen molar-refractivity contribution in [2.45, 2.75) is 33.7 Å². The van der Waals surface area contributed by atoms with Crippen LogP contribution in [0.15, 0.2) is 59.6 Å². The molecule has 3 rings (SSSR count). The second kappa shape index (κ2) is 7.87. The number of benzene rings is 2. The number of guanidine groups is 1. The lowest BCUT2D eigenvalue weighted by Crippen LogP contribution is -2.22. The first-order valence-electron chi connectivity index (χ1n) is 8.85. The molecule has 3 N–H and O–H groups in total. The topological polar surface area (TPSA) is 68.2 Å². The quantitative estimate of drug-likeness (QED) is 0.542. The van der Waals surface area contributed by atoms with E-state index in [1.807, 2.05) is 54.1 Å².